The lowest BCUT2D eigenvalue weighted by atomic mass is 9.88. The minimum atomic E-state index is -0.283. The maximum Gasteiger partial charge on any atom is 0.233 e. The van der Waals surface area contributed by atoms with Gasteiger partial charge in [0.1, 0.15) is 13.2 Å². The highest BCUT2D eigenvalue weighted by Crippen LogP contribution is 2.36. The van der Waals surface area contributed by atoms with Crippen molar-refractivity contribution in [2.75, 3.05) is 18.5 Å². The Labute approximate surface area is 178 Å². The number of carbonyl (C=O) groups is 1. The molecule has 7 heteroatoms. The number of hydrogen-bond acceptors (Lipinski definition) is 5. The summed E-state index contributed by atoms with van der Waals surface area (Å²) in [5.41, 5.74) is 2.64. The predicted molar refractivity (Wildman–Crippen MR) is 116 cm³/mol. The molecule has 2 aromatic carbocycles. The summed E-state index contributed by atoms with van der Waals surface area (Å²) in [5, 5.41) is 6.12. The Morgan fingerprint density at radius 2 is 1.83 bits per heavy atom. The van der Waals surface area contributed by atoms with Crippen molar-refractivity contribution in [2.24, 2.45) is 5.92 Å². The first-order valence-electron chi connectivity index (χ1n) is 9.43. The van der Waals surface area contributed by atoms with E-state index in [-0.39, 0.29) is 17.7 Å². The van der Waals surface area contributed by atoms with Gasteiger partial charge < -0.3 is 14.8 Å². The maximum absolute atomic E-state index is 13.0. The van der Waals surface area contributed by atoms with Crippen molar-refractivity contribution in [3.05, 3.63) is 58.4 Å². The number of halogens is 1. The molecule has 0 bridgehead atoms. The summed E-state index contributed by atoms with van der Waals surface area (Å²) in [6, 6.07) is 13.2. The van der Waals surface area contributed by atoms with Crippen LogP contribution in [-0.4, -0.2) is 24.1 Å². The summed E-state index contributed by atoms with van der Waals surface area (Å²) in [6.07, 6.45) is 0. The number of thiazole rings is 1. The zero-order chi connectivity index (χ0) is 20.4. The number of nitrogens with zero attached hydrogens (tertiary/aromatic N) is 1. The van der Waals surface area contributed by atoms with E-state index in [0.717, 1.165) is 28.3 Å². The van der Waals surface area contributed by atoms with Crippen LogP contribution in [0.5, 0.6) is 11.5 Å². The molecule has 1 N–H and O–H groups in total. The van der Waals surface area contributed by atoms with Crippen LogP contribution in [0.2, 0.25) is 5.02 Å². The molecule has 0 saturated heterocycles. The average Bonchev–Trinajstić information content (AvgIpc) is 3.17. The topological polar surface area (TPSA) is 60.5 Å². The van der Waals surface area contributed by atoms with E-state index in [9.17, 15) is 4.79 Å². The van der Waals surface area contributed by atoms with Crippen LogP contribution in [0.1, 0.15) is 25.3 Å². The first-order chi connectivity index (χ1) is 14.0. The van der Waals surface area contributed by atoms with E-state index in [1.165, 1.54) is 11.3 Å². The molecule has 1 aromatic heterocycles. The van der Waals surface area contributed by atoms with Crippen molar-refractivity contribution in [1.29, 1.82) is 0 Å². The average molecular weight is 429 g/mol. The Morgan fingerprint density at radius 3 is 2.55 bits per heavy atom. The zero-order valence-electron chi connectivity index (χ0n) is 16.1. The highest BCUT2D eigenvalue weighted by molar-refractivity contribution is 7.14. The lowest BCUT2D eigenvalue weighted by molar-refractivity contribution is -0.118. The SMILES string of the molecule is CC(C)C(C(=O)Nc1nc(-c2ccc3c(c2)OCCO3)cs1)c1ccc(Cl)cc1. The molecule has 0 spiro atoms. The Balaban J connectivity index is 1.52. The van der Waals surface area contributed by atoms with Crippen LogP contribution in [-0.2, 0) is 4.79 Å². The third kappa shape index (κ3) is 4.38. The second kappa shape index (κ2) is 8.43. The van der Waals surface area contributed by atoms with E-state index >= 15 is 0 Å². The van der Waals surface area contributed by atoms with E-state index in [4.69, 9.17) is 21.1 Å². The summed E-state index contributed by atoms with van der Waals surface area (Å²) in [4.78, 5) is 17.6. The molecule has 1 unspecified atom stereocenters. The first kappa shape index (κ1) is 19.7. The van der Waals surface area contributed by atoms with Crippen LogP contribution < -0.4 is 14.8 Å². The third-order valence-corrected chi connectivity index (χ3v) is 5.76. The number of carbonyl (C=O) groups excluding carboxylic acids is 1. The standard InChI is InChI=1S/C22H21ClN2O3S/c1-13(2)20(14-3-6-16(23)7-4-14)21(26)25-22-24-17(12-29-22)15-5-8-18-19(11-15)28-10-9-27-18/h3-8,11-13,20H,9-10H2,1-2H3,(H,24,25,26). The van der Waals surface area contributed by atoms with Crippen molar-refractivity contribution >= 4 is 34.0 Å². The van der Waals surface area contributed by atoms with Gasteiger partial charge in [0.15, 0.2) is 16.6 Å². The van der Waals surface area contributed by atoms with Gasteiger partial charge in [0, 0.05) is 16.0 Å². The molecular weight excluding hydrogens is 408 g/mol. The Hall–Kier alpha value is -2.57. The monoisotopic (exact) mass is 428 g/mol. The lowest BCUT2D eigenvalue weighted by Crippen LogP contribution is -2.25. The number of amides is 1. The second-order valence-electron chi connectivity index (χ2n) is 7.16. The summed E-state index contributed by atoms with van der Waals surface area (Å²) < 4.78 is 11.2. The fourth-order valence-electron chi connectivity index (χ4n) is 3.36. The fraction of sp³-hybridized carbons (Fsp3) is 0.273. The van der Waals surface area contributed by atoms with Crippen LogP contribution in [0.4, 0.5) is 5.13 Å². The molecule has 2 heterocycles. The summed E-state index contributed by atoms with van der Waals surface area (Å²) >= 11 is 7.39. The van der Waals surface area contributed by atoms with Crippen molar-refractivity contribution in [3.63, 3.8) is 0 Å². The number of nitrogens with one attached hydrogen (secondary N) is 1. The van der Waals surface area contributed by atoms with Crippen molar-refractivity contribution < 1.29 is 14.3 Å². The first-order valence-corrected chi connectivity index (χ1v) is 10.7. The van der Waals surface area contributed by atoms with Gasteiger partial charge in [-0.25, -0.2) is 4.98 Å². The molecule has 1 aliphatic heterocycles. The normalized spacial score (nSPS) is 13.9. The van der Waals surface area contributed by atoms with E-state index in [1.807, 2.05) is 61.7 Å². The van der Waals surface area contributed by atoms with Gasteiger partial charge in [-0.1, -0.05) is 37.6 Å². The van der Waals surface area contributed by atoms with Gasteiger partial charge in [-0.15, -0.1) is 11.3 Å². The summed E-state index contributed by atoms with van der Waals surface area (Å²) in [7, 11) is 0. The van der Waals surface area contributed by atoms with E-state index in [2.05, 4.69) is 10.3 Å². The van der Waals surface area contributed by atoms with Crippen molar-refractivity contribution in [3.8, 4) is 22.8 Å². The number of fused-ring (bicyclic) bond motifs is 1. The largest absolute Gasteiger partial charge is 0.486 e. The number of rotatable bonds is 5. The maximum atomic E-state index is 13.0. The number of benzene rings is 2. The molecule has 0 fully saturated rings. The van der Waals surface area contributed by atoms with Crippen molar-refractivity contribution in [1.82, 2.24) is 4.98 Å². The summed E-state index contributed by atoms with van der Waals surface area (Å²) in [6.45, 7) is 5.16. The zero-order valence-corrected chi connectivity index (χ0v) is 17.7. The smallest absolute Gasteiger partial charge is 0.233 e. The Bertz CT molecular complexity index is 1020. The molecule has 1 amide bonds. The third-order valence-electron chi connectivity index (χ3n) is 4.75. The highest BCUT2D eigenvalue weighted by atomic mass is 35.5. The molecule has 29 heavy (non-hydrogen) atoms. The van der Waals surface area contributed by atoms with Gasteiger partial charge >= 0.3 is 0 Å². The molecule has 0 saturated carbocycles. The number of hydrogen-bond donors (Lipinski definition) is 1. The molecule has 0 radical (unpaired) electrons. The predicted octanol–water partition coefficient (Wildman–Crippen LogP) is 5.61. The minimum absolute atomic E-state index is 0.0783. The van der Waals surface area contributed by atoms with Crippen LogP contribution in [0.15, 0.2) is 47.8 Å². The van der Waals surface area contributed by atoms with Crippen LogP contribution in [0, 0.1) is 5.92 Å². The quantitative estimate of drug-likeness (QED) is 0.573. The number of anilines is 1. The molecule has 0 aliphatic carbocycles. The van der Waals surface area contributed by atoms with Crippen molar-refractivity contribution in [2.45, 2.75) is 19.8 Å². The van der Waals surface area contributed by atoms with Gasteiger partial charge in [-0.3, -0.25) is 4.79 Å². The molecule has 5 nitrogen and oxygen atoms in total. The molecule has 1 atom stereocenters. The highest BCUT2D eigenvalue weighted by Gasteiger charge is 2.25. The van der Waals surface area contributed by atoms with Gasteiger partial charge in [-0.05, 0) is 41.8 Å². The molecule has 1 aliphatic rings. The van der Waals surface area contributed by atoms with Gasteiger partial charge in [0.2, 0.25) is 5.91 Å². The Kier molecular flexibility index (Phi) is 5.74. The number of aromatic nitrogens is 1. The molecule has 4 rings (SSSR count). The lowest BCUT2D eigenvalue weighted by Gasteiger charge is -2.20. The molecule has 150 valence electrons. The fourth-order valence-corrected chi connectivity index (χ4v) is 4.21. The van der Waals surface area contributed by atoms with E-state index in [1.54, 1.807) is 0 Å². The minimum Gasteiger partial charge on any atom is -0.486 e. The van der Waals surface area contributed by atoms with Gasteiger partial charge in [0.25, 0.3) is 0 Å². The van der Waals surface area contributed by atoms with E-state index < -0.39 is 0 Å². The second-order valence-corrected chi connectivity index (χ2v) is 8.45. The molecular formula is C22H21ClN2O3S. The van der Waals surface area contributed by atoms with Crippen LogP contribution in [0.25, 0.3) is 11.3 Å². The van der Waals surface area contributed by atoms with Gasteiger partial charge in [-0.2, -0.15) is 0 Å². The summed E-state index contributed by atoms with van der Waals surface area (Å²) in [5.74, 6) is 1.23. The number of ether oxygens (including phenoxy) is 2. The van der Waals surface area contributed by atoms with Gasteiger partial charge in [0.05, 0.1) is 11.6 Å². The van der Waals surface area contributed by atoms with Crippen LogP contribution in [0.3, 0.4) is 0 Å². The Morgan fingerprint density at radius 1 is 1.10 bits per heavy atom. The van der Waals surface area contributed by atoms with E-state index in [0.29, 0.717) is 23.4 Å². The van der Waals surface area contributed by atoms with Crippen LogP contribution >= 0.6 is 22.9 Å². The molecule has 3 aromatic rings.